The number of nitrogens with two attached hydrogens (primary N) is 1. The van der Waals surface area contributed by atoms with Crippen molar-refractivity contribution >= 4 is 29.0 Å². The molecule has 3 aromatic rings. The maximum Gasteiger partial charge on any atom is 0.194 e. The van der Waals surface area contributed by atoms with E-state index in [2.05, 4.69) is 86.1 Å². The molecule has 3 aliphatic rings. The molecular formula is C31H42N8OS. The lowest BCUT2D eigenvalue weighted by atomic mass is 9.99. The number of piperazine rings is 1. The van der Waals surface area contributed by atoms with E-state index < -0.39 is 5.79 Å². The number of amidine groups is 1. The SMILES string of the molecule is COc1cc(N2CCC(N3CCN(C)CC3)CC2)ccc1C1(N)NC(=NCc2ccccc2SC)c2[nH]ccc2N1. The van der Waals surface area contributed by atoms with Crippen LogP contribution in [-0.4, -0.2) is 86.3 Å². The van der Waals surface area contributed by atoms with Crippen molar-refractivity contribution in [1.82, 2.24) is 20.1 Å². The summed E-state index contributed by atoms with van der Waals surface area (Å²) in [6, 6.07) is 17.4. The molecule has 0 bridgehead atoms. The van der Waals surface area contributed by atoms with Crippen LogP contribution in [0, 0.1) is 0 Å². The molecule has 6 rings (SSSR count). The molecule has 4 heterocycles. The molecule has 2 aromatic carbocycles. The number of fused-ring (bicyclic) bond motifs is 1. The van der Waals surface area contributed by atoms with Crippen molar-refractivity contribution < 1.29 is 4.74 Å². The van der Waals surface area contributed by atoms with Crippen molar-refractivity contribution in [2.75, 3.05) is 69.9 Å². The van der Waals surface area contributed by atoms with Gasteiger partial charge >= 0.3 is 0 Å². The van der Waals surface area contributed by atoms with Gasteiger partial charge in [-0.05, 0) is 56.0 Å². The summed E-state index contributed by atoms with van der Waals surface area (Å²) in [5, 5.41) is 6.98. The van der Waals surface area contributed by atoms with E-state index in [0.717, 1.165) is 41.6 Å². The van der Waals surface area contributed by atoms with Crippen LogP contribution in [0.4, 0.5) is 11.4 Å². The minimum absolute atomic E-state index is 0.550. The van der Waals surface area contributed by atoms with Crippen LogP contribution in [0.15, 0.2) is 64.6 Å². The van der Waals surface area contributed by atoms with Gasteiger partial charge in [0.25, 0.3) is 0 Å². The highest BCUT2D eigenvalue weighted by Crippen LogP contribution is 2.36. The molecule has 0 spiro atoms. The number of H-pyrrole nitrogens is 1. The molecule has 1 atom stereocenters. The first kappa shape index (κ1) is 28.0. The van der Waals surface area contributed by atoms with Gasteiger partial charge < -0.3 is 30.2 Å². The van der Waals surface area contributed by atoms with Crippen molar-refractivity contribution in [2.45, 2.75) is 36.1 Å². The van der Waals surface area contributed by atoms with Gasteiger partial charge in [0.05, 0.1) is 24.9 Å². The second-order valence-electron chi connectivity index (χ2n) is 11.2. The molecule has 3 aliphatic heterocycles. The van der Waals surface area contributed by atoms with Crippen molar-refractivity contribution in [2.24, 2.45) is 10.7 Å². The van der Waals surface area contributed by atoms with Gasteiger partial charge in [-0.3, -0.25) is 15.6 Å². The van der Waals surface area contributed by atoms with Gasteiger partial charge in [0.1, 0.15) is 11.4 Å². The molecule has 1 unspecified atom stereocenters. The number of hydrogen-bond acceptors (Lipinski definition) is 8. The van der Waals surface area contributed by atoms with Crippen LogP contribution >= 0.6 is 11.8 Å². The van der Waals surface area contributed by atoms with E-state index in [1.165, 1.54) is 55.2 Å². The molecule has 2 fully saturated rings. The summed E-state index contributed by atoms with van der Waals surface area (Å²) in [4.78, 5) is 17.1. The number of aliphatic imine (C=N–C) groups is 1. The van der Waals surface area contributed by atoms with Crippen LogP contribution in [-0.2, 0) is 12.3 Å². The van der Waals surface area contributed by atoms with Crippen molar-refractivity contribution in [3.63, 3.8) is 0 Å². The molecule has 0 aliphatic carbocycles. The van der Waals surface area contributed by atoms with Gasteiger partial charge in [0.15, 0.2) is 11.6 Å². The minimum Gasteiger partial charge on any atom is -0.496 e. The first-order valence-electron chi connectivity index (χ1n) is 14.5. The van der Waals surface area contributed by atoms with Crippen LogP contribution in [0.5, 0.6) is 5.75 Å². The van der Waals surface area contributed by atoms with E-state index in [9.17, 15) is 0 Å². The zero-order valence-corrected chi connectivity index (χ0v) is 25.1. The summed E-state index contributed by atoms with van der Waals surface area (Å²) >= 11 is 1.73. The predicted octanol–water partition coefficient (Wildman–Crippen LogP) is 3.69. The fraction of sp³-hybridized carbons (Fsp3) is 0.452. The Labute approximate surface area is 247 Å². The molecule has 10 heteroatoms. The Morgan fingerprint density at radius 1 is 1.02 bits per heavy atom. The smallest absolute Gasteiger partial charge is 0.194 e. The zero-order chi connectivity index (χ0) is 28.4. The number of methoxy groups -OCH3 is 1. The van der Waals surface area contributed by atoms with Crippen LogP contribution in [0.1, 0.15) is 29.7 Å². The first-order valence-corrected chi connectivity index (χ1v) is 15.8. The number of aromatic amines is 1. The lowest BCUT2D eigenvalue weighted by Gasteiger charge is -2.43. The number of nitrogens with zero attached hydrogens (tertiary/aromatic N) is 4. The van der Waals surface area contributed by atoms with Gasteiger partial charge in [0, 0.05) is 68.2 Å². The van der Waals surface area contributed by atoms with Crippen LogP contribution < -0.4 is 26.0 Å². The lowest BCUT2D eigenvalue weighted by Crippen LogP contribution is -2.61. The van der Waals surface area contributed by atoms with E-state index in [-0.39, 0.29) is 0 Å². The van der Waals surface area contributed by atoms with Crippen LogP contribution in [0.25, 0.3) is 0 Å². The molecular weight excluding hydrogens is 532 g/mol. The number of anilines is 2. The summed E-state index contributed by atoms with van der Waals surface area (Å²) in [7, 11) is 3.93. The highest BCUT2D eigenvalue weighted by atomic mass is 32.2. The molecule has 41 heavy (non-hydrogen) atoms. The number of benzene rings is 2. The number of ether oxygens (including phenoxy) is 1. The maximum absolute atomic E-state index is 7.06. The molecule has 5 N–H and O–H groups in total. The Balaban J connectivity index is 1.20. The Hall–Kier alpha value is -3.18. The third-order valence-corrected chi connectivity index (χ3v) is 9.56. The lowest BCUT2D eigenvalue weighted by molar-refractivity contribution is 0.0982. The van der Waals surface area contributed by atoms with E-state index in [1.807, 2.05) is 12.3 Å². The highest BCUT2D eigenvalue weighted by Gasteiger charge is 2.38. The number of aromatic nitrogens is 1. The minimum atomic E-state index is -1.09. The van der Waals surface area contributed by atoms with Gasteiger partial charge in [-0.25, -0.2) is 0 Å². The van der Waals surface area contributed by atoms with Gasteiger partial charge in [-0.2, -0.15) is 0 Å². The number of piperidine rings is 1. The Morgan fingerprint density at radius 3 is 2.56 bits per heavy atom. The van der Waals surface area contributed by atoms with Crippen molar-refractivity contribution in [1.29, 1.82) is 0 Å². The number of rotatable bonds is 7. The van der Waals surface area contributed by atoms with Gasteiger partial charge in [-0.1, -0.05) is 18.2 Å². The molecule has 0 saturated carbocycles. The highest BCUT2D eigenvalue weighted by molar-refractivity contribution is 7.98. The van der Waals surface area contributed by atoms with E-state index in [4.69, 9.17) is 15.5 Å². The van der Waals surface area contributed by atoms with Gasteiger partial charge in [0.2, 0.25) is 0 Å². The molecule has 0 amide bonds. The van der Waals surface area contributed by atoms with Crippen molar-refractivity contribution in [3.8, 4) is 5.75 Å². The van der Waals surface area contributed by atoms with E-state index >= 15 is 0 Å². The molecule has 2 saturated heterocycles. The normalized spacial score (nSPS) is 23.2. The average molecular weight is 575 g/mol. The maximum atomic E-state index is 7.06. The quantitative estimate of drug-likeness (QED) is 0.318. The fourth-order valence-electron chi connectivity index (χ4n) is 6.29. The molecule has 1 aromatic heterocycles. The fourth-order valence-corrected chi connectivity index (χ4v) is 6.90. The van der Waals surface area contributed by atoms with Crippen molar-refractivity contribution in [3.05, 3.63) is 71.5 Å². The Morgan fingerprint density at radius 2 is 1.80 bits per heavy atom. The number of hydrogen-bond donors (Lipinski definition) is 4. The topological polar surface area (TPSA) is 97.2 Å². The van der Waals surface area contributed by atoms with Crippen LogP contribution in [0.3, 0.4) is 0 Å². The molecule has 0 radical (unpaired) electrons. The predicted molar refractivity (Wildman–Crippen MR) is 169 cm³/mol. The summed E-state index contributed by atoms with van der Waals surface area (Å²) in [6.07, 6.45) is 6.37. The van der Waals surface area contributed by atoms with E-state index in [1.54, 1.807) is 18.9 Å². The monoisotopic (exact) mass is 574 g/mol. The van der Waals surface area contributed by atoms with Crippen LogP contribution in [0.2, 0.25) is 0 Å². The zero-order valence-electron chi connectivity index (χ0n) is 24.3. The van der Waals surface area contributed by atoms with Gasteiger partial charge in [-0.15, -0.1) is 11.8 Å². The third-order valence-electron chi connectivity index (χ3n) is 8.73. The molecule has 218 valence electrons. The summed E-state index contributed by atoms with van der Waals surface area (Å²) in [5.74, 6) is 0.377. The molecule has 9 nitrogen and oxygen atoms in total. The largest absolute Gasteiger partial charge is 0.496 e. The Bertz CT molecular complexity index is 1380. The summed E-state index contributed by atoms with van der Waals surface area (Å²) < 4.78 is 5.94. The standard InChI is InChI=1S/C31H42N8OS/c1-37-16-18-39(19-17-37)23-11-14-38(15-12-23)24-8-9-25(27(20-24)40-2)31(32)35-26-10-13-33-29(26)30(36-31)34-21-22-6-4-5-7-28(22)41-3/h4-10,13,20,23,33,35H,11-12,14-19,21,32H2,1-3H3,(H,34,36). The number of thioether (sulfide) groups is 1. The third kappa shape index (κ3) is 5.79. The second-order valence-corrected chi connectivity index (χ2v) is 12.1. The first-order chi connectivity index (χ1) is 20.0. The van der Waals surface area contributed by atoms with E-state index in [0.29, 0.717) is 12.6 Å². The summed E-state index contributed by atoms with van der Waals surface area (Å²) in [5.41, 5.74) is 12.0. The Kier molecular flexibility index (Phi) is 8.16. The average Bonchev–Trinajstić information content (AvgIpc) is 3.48. The second kappa shape index (κ2) is 12.0. The summed E-state index contributed by atoms with van der Waals surface area (Å²) in [6.45, 7) is 7.35. The number of likely N-dealkylation sites (N-methyl/N-ethyl adjacent to an activating group) is 1. The number of nitrogens with one attached hydrogen (secondary N) is 3.